The van der Waals surface area contributed by atoms with E-state index in [1.807, 2.05) is 0 Å². The van der Waals surface area contributed by atoms with Crippen molar-refractivity contribution in [3.05, 3.63) is 20.6 Å². The first kappa shape index (κ1) is 17.5. The van der Waals surface area contributed by atoms with Gasteiger partial charge in [0.2, 0.25) is 0 Å². The van der Waals surface area contributed by atoms with Crippen LogP contribution in [0.2, 0.25) is 0 Å². The SMILES string of the molecule is CCCCCCCCC(=O)c1cc(Br)c(O)c(Br)c1O. The predicted octanol–water partition coefficient (Wildman–Crippen LogP) is 5.56. The Hall–Kier alpha value is -0.550. The van der Waals surface area contributed by atoms with Crippen molar-refractivity contribution < 1.29 is 15.0 Å². The zero-order valence-electron chi connectivity index (χ0n) is 11.6. The Morgan fingerprint density at radius 1 is 1.05 bits per heavy atom. The number of halogens is 2. The standard InChI is InChI=1S/C15H20Br2O3/c1-2-3-4-5-6-7-8-12(18)10-9-11(16)15(20)13(17)14(10)19/h9,19-20H,2-8H2,1H3. The van der Waals surface area contributed by atoms with Gasteiger partial charge in [0.1, 0.15) is 16.0 Å². The Labute approximate surface area is 136 Å². The number of rotatable bonds is 8. The van der Waals surface area contributed by atoms with Crippen LogP contribution in [0.15, 0.2) is 15.0 Å². The predicted molar refractivity (Wildman–Crippen MR) is 87.5 cm³/mol. The average molecular weight is 408 g/mol. The number of aromatic hydroxyl groups is 2. The van der Waals surface area contributed by atoms with Gasteiger partial charge in [0.15, 0.2) is 5.78 Å². The first-order valence-corrected chi connectivity index (χ1v) is 8.50. The molecule has 0 heterocycles. The van der Waals surface area contributed by atoms with Gasteiger partial charge in [-0.2, -0.15) is 0 Å². The number of carbonyl (C=O) groups excluding carboxylic acids is 1. The van der Waals surface area contributed by atoms with Gasteiger partial charge in [0.05, 0.1) is 10.0 Å². The Kier molecular flexibility index (Phi) is 7.59. The second-order valence-corrected chi connectivity index (χ2v) is 6.51. The molecular weight excluding hydrogens is 388 g/mol. The van der Waals surface area contributed by atoms with Gasteiger partial charge in [-0.25, -0.2) is 0 Å². The van der Waals surface area contributed by atoms with Crippen molar-refractivity contribution in [2.75, 3.05) is 0 Å². The molecule has 0 radical (unpaired) electrons. The number of phenols is 2. The maximum Gasteiger partial charge on any atom is 0.166 e. The molecule has 0 aliphatic carbocycles. The second-order valence-electron chi connectivity index (χ2n) is 4.86. The number of benzene rings is 1. The first-order chi connectivity index (χ1) is 9.49. The number of Topliss-reactive ketones (excluding diaryl/α,β-unsaturated/α-hetero) is 1. The van der Waals surface area contributed by atoms with Crippen LogP contribution >= 0.6 is 31.9 Å². The quantitative estimate of drug-likeness (QED) is 0.438. The van der Waals surface area contributed by atoms with Crippen molar-refractivity contribution in [1.29, 1.82) is 0 Å². The van der Waals surface area contributed by atoms with Gasteiger partial charge in [0, 0.05) is 6.42 Å². The van der Waals surface area contributed by atoms with E-state index in [-0.39, 0.29) is 27.3 Å². The molecule has 0 bridgehead atoms. The number of unbranched alkanes of at least 4 members (excludes halogenated alkanes) is 5. The van der Waals surface area contributed by atoms with Crippen molar-refractivity contribution in [3.63, 3.8) is 0 Å². The van der Waals surface area contributed by atoms with E-state index in [4.69, 9.17) is 0 Å². The summed E-state index contributed by atoms with van der Waals surface area (Å²) in [6.45, 7) is 2.17. The summed E-state index contributed by atoms with van der Waals surface area (Å²) in [4.78, 5) is 12.1. The summed E-state index contributed by atoms with van der Waals surface area (Å²) in [5.74, 6) is -0.389. The molecule has 0 saturated heterocycles. The van der Waals surface area contributed by atoms with Crippen molar-refractivity contribution in [1.82, 2.24) is 0 Å². The molecule has 0 spiro atoms. The maximum atomic E-state index is 12.1. The van der Waals surface area contributed by atoms with E-state index in [9.17, 15) is 15.0 Å². The van der Waals surface area contributed by atoms with Crippen LogP contribution in [0.25, 0.3) is 0 Å². The van der Waals surface area contributed by atoms with Crippen LogP contribution in [0.3, 0.4) is 0 Å². The molecule has 20 heavy (non-hydrogen) atoms. The van der Waals surface area contributed by atoms with Crippen LogP contribution in [0.4, 0.5) is 0 Å². The molecule has 1 aromatic rings. The molecule has 0 amide bonds. The van der Waals surface area contributed by atoms with Gasteiger partial charge in [-0.1, -0.05) is 39.0 Å². The molecule has 1 aromatic carbocycles. The summed E-state index contributed by atoms with van der Waals surface area (Å²) in [6, 6.07) is 1.47. The summed E-state index contributed by atoms with van der Waals surface area (Å²) >= 11 is 6.24. The fourth-order valence-electron chi connectivity index (χ4n) is 2.01. The highest BCUT2D eigenvalue weighted by atomic mass is 79.9. The molecule has 0 aromatic heterocycles. The van der Waals surface area contributed by atoms with Gasteiger partial charge in [-0.15, -0.1) is 0 Å². The smallest absolute Gasteiger partial charge is 0.166 e. The summed E-state index contributed by atoms with van der Waals surface area (Å²) in [6.07, 6.45) is 7.10. The molecule has 0 saturated carbocycles. The zero-order chi connectivity index (χ0) is 15.1. The third kappa shape index (κ3) is 4.77. The number of hydrogen-bond acceptors (Lipinski definition) is 3. The molecule has 2 N–H and O–H groups in total. The van der Waals surface area contributed by atoms with E-state index in [1.165, 1.54) is 25.3 Å². The molecule has 0 unspecified atom stereocenters. The lowest BCUT2D eigenvalue weighted by atomic mass is 10.0. The van der Waals surface area contributed by atoms with E-state index in [2.05, 4.69) is 38.8 Å². The van der Waals surface area contributed by atoms with Gasteiger partial charge >= 0.3 is 0 Å². The highest BCUT2D eigenvalue weighted by Crippen LogP contribution is 2.41. The summed E-state index contributed by atoms with van der Waals surface area (Å²) in [5.41, 5.74) is 0.245. The molecule has 0 atom stereocenters. The van der Waals surface area contributed by atoms with Crippen LogP contribution in [-0.4, -0.2) is 16.0 Å². The summed E-state index contributed by atoms with van der Waals surface area (Å²) in [7, 11) is 0. The van der Waals surface area contributed by atoms with E-state index in [1.54, 1.807) is 0 Å². The highest BCUT2D eigenvalue weighted by Gasteiger charge is 2.18. The molecule has 5 heteroatoms. The molecule has 0 aliphatic heterocycles. The lowest BCUT2D eigenvalue weighted by Crippen LogP contribution is -2.00. The lowest BCUT2D eigenvalue weighted by Gasteiger charge is -2.09. The zero-order valence-corrected chi connectivity index (χ0v) is 14.8. The van der Waals surface area contributed by atoms with Crippen molar-refractivity contribution in [2.24, 2.45) is 0 Å². The normalized spacial score (nSPS) is 10.8. The molecule has 3 nitrogen and oxygen atoms in total. The maximum absolute atomic E-state index is 12.1. The Morgan fingerprint density at radius 3 is 2.30 bits per heavy atom. The largest absolute Gasteiger partial charge is 0.506 e. The Balaban J connectivity index is 2.56. The average Bonchev–Trinajstić information content (AvgIpc) is 2.44. The van der Waals surface area contributed by atoms with Crippen LogP contribution < -0.4 is 0 Å². The minimum absolute atomic E-state index is 0.0978. The third-order valence-electron chi connectivity index (χ3n) is 3.23. The summed E-state index contributed by atoms with van der Waals surface area (Å²) in [5, 5.41) is 19.5. The van der Waals surface area contributed by atoms with Gasteiger partial charge < -0.3 is 10.2 Å². The molecule has 1 rings (SSSR count). The molecule has 0 aliphatic rings. The van der Waals surface area contributed by atoms with E-state index >= 15 is 0 Å². The second kappa shape index (κ2) is 8.67. The monoisotopic (exact) mass is 406 g/mol. The van der Waals surface area contributed by atoms with Gasteiger partial charge in [0.25, 0.3) is 0 Å². The van der Waals surface area contributed by atoms with Crippen LogP contribution in [-0.2, 0) is 0 Å². The number of carbonyl (C=O) groups is 1. The number of phenolic OH excluding ortho intramolecular Hbond substituents is 2. The number of hydrogen-bond donors (Lipinski definition) is 2. The number of ketones is 1. The first-order valence-electron chi connectivity index (χ1n) is 6.92. The molecular formula is C15H20Br2O3. The minimum Gasteiger partial charge on any atom is -0.506 e. The third-order valence-corrected chi connectivity index (χ3v) is 4.58. The topological polar surface area (TPSA) is 57.5 Å². The van der Waals surface area contributed by atoms with E-state index < -0.39 is 0 Å². The van der Waals surface area contributed by atoms with E-state index in [0.29, 0.717) is 10.9 Å². The van der Waals surface area contributed by atoms with E-state index in [0.717, 1.165) is 19.3 Å². The highest BCUT2D eigenvalue weighted by molar-refractivity contribution is 9.11. The van der Waals surface area contributed by atoms with Gasteiger partial charge in [-0.05, 0) is 44.3 Å². The fraction of sp³-hybridized carbons (Fsp3) is 0.533. The minimum atomic E-state index is -0.193. The van der Waals surface area contributed by atoms with Crippen LogP contribution in [0, 0.1) is 0 Å². The van der Waals surface area contributed by atoms with Crippen LogP contribution in [0.1, 0.15) is 62.2 Å². The van der Waals surface area contributed by atoms with Crippen molar-refractivity contribution in [3.8, 4) is 11.5 Å². The summed E-state index contributed by atoms with van der Waals surface area (Å²) < 4.78 is 0.548. The van der Waals surface area contributed by atoms with Crippen LogP contribution in [0.5, 0.6) is 11.5 Å². The lowest BCUT2D eigenvalue weighted by molar-refractivity contribution is 0.0976. The fourth-order valence-corrected chi connectivity index (χ4v) is 3.13. The van der Waals surface area contributed by atoms with Crippen molar-refractivity contribution in [2.45, 2.75) is 51.9 Å². The van der Waals surface area contributed by atoms with Crippen molar-refractivity contribution >= 4 is 37.6 Å². The molecule has 0 fully saturated rings. The Morgan fingerprint density at radius 2 is 1.65 bits per heavy atom. The molecule has 112 valence electrons. The Bertz CT molecular complexity index is 473. The van der Waals surface area contributed by atoms with Gasteiger partial charge in [-0.3, -0.25) is 4.79 Å².